The molecule has 1 heterocycles. The smallest absolute Gasteiger partial charge is 0.141 e. The first-order valence-corrected chi connectivity index (χ1v) is 6.14. The summed E-state index contributed by atoms with van der Waals surface area (Å²) in [5.41, 5.74) is 0. The fourth-order valence-corrected chi connectivity index (χ4v) is 2.75. The lowest BCUT2D eigenvalue weighted by atomic mass is 9.87. The maximum Gasteiger partial charge on any atom is 0.141 e. The van der Waals surface area contributed by atoms with E-state index in [1.165, 1.54) is 6.42 Å². The largest absolute Gasteiger partial charge is 0.370 e. The van der Waals surface area contributed by atoms with Gasteiger partial charge in [-0.05, 0) is 12.8 Å². The number of ether oxygens (including phenoxy) is 1. The molecule has 0 aromatic rings. The van der Waals surface area contributed by atoms with Crippen LogP contribution in [0.2, 0.25) is 0 Å². The molecule has 3 heteroatoms. The molecule has 1 aliphatic heterocycles. The normalized spacial score (nSPS) is 31.5. The van der Waals surface area contributed by atoms with E-state index >= 15 is 0 Å². The Morgan fingerprint density at radius 3 is 2.73 bits per heavy atom. The first kappa shape index (κ1) is 11.1. The van der Waals surface area contributed by atoms with Gasteiger partial charge in [0.2, 0.25) is 0 Å². The highest BCUT2D eigenvalue weighted by molar-refractivity contribution is 5.81. The molecule has 0 radical (unpaired) electrons. The minimum absolute atomic E-state index is 0.335. The Kier molecular flexibility index (Phi) is 3.42. The minimum Gasteiger partial charge on any atom is -0.370 e. The Morgan fingerprint density at radius 2 is 2.07 bits per heavy atom. The van der Waals surface area contributed by atoms with E-state index in [-0.39, 0.29) is 0 Å². The van der Waals surface area contributed by atoms with E-state index in [1.54, 1.807) is 0 Å². The number of quaternary nitrogens is 1. The molecule has 15 heavy (non-hydrogen) atoms. The summed E-state index contributed by atoms with van der Waals surface area (Å²) in [6.45, 7) is 4.91. The lowest BCUT2D eigenvalue weighted by Crippen LogP contribution is -2.55. The van der Waals surface area contributed by atoms with Gasteiger partial charge in [0.05, 0.1) is 32.7 Å². The Labute approximate surface area is 92.0 Å². The highest BCUT2D eigenvalue weighted by Crippen LogP contribution is 2.24. The van der Waals surface area contributed by atoms with Crippen LogP contribution in [0, 0.1) is 5.92 Å². The second kappa shape index (κ2) is 4.62. The van der Waals surface area contributed by atoms with Crippen LogP contribution in [0.5, 0.6) is 0 Å². The molecule has 0 N–H and O–H groups in total. The predicted octanol–water partition coefficient (Wildman–Crippen LogP) is 1.22. The fourth-order valence-electron chi connectivity index (χ4n) is 2.75. The van der Waals surface area contributed by atoms with E-state index in [9.17, 15) is 4.79 Å². The average Bonchev–Trinajstić information content (AvgIpc) is 2.22. The van der Waals surface area contributed by atoms with Crippen molar-refractivity contribution >= 4 is 5.78 Å². The number of rotatable bonds is 2. The maximum atomic E-state index is 11.8. The van der Waals surface area contributed by atoms with Gasteiger partial charge in [-0.1, -0.05) is 6.42 Å². The van der Waals surface area contributed by atoms with Crippen molar-refractivity contribution in [1.29, 1.82) is 0 Å². The lowest BCUT2D eigenvalue weighted by Gasteiger charge is -2.40. The lowest BCUT2D eigenvalue weighted by molar-refractivity contribution is -0.919. The fraction of sp³-hybridized carbons (Fsp3) is 0.917. The molecule has 0 bridgehead atoms. The van der Waals surface area contributed by atoms with Crippen LogP contribution in [-0.2, 0) is 9.53 Å². The number of hydrogen-bond donors (Lipinski definition) is 0. The van der Waals surface area contributed by atoms with E-state index in [1.807, 2.05) is 0 Å². The summed E-state index contributed by atoms with van der Waals surface area (Å²) >= 11 is 0. The number of morpholine rings is 1. The molecule has 1 saturated heterocycles. The molecule has 3 nitrogen and oxygen atoms in total. The Hall–Kier alpha value is -0.410. The van der Waals surface area contributed by atoms with Crippen molar-refractivity contribution in [2.45, 2.75) is 25.7 Å². The molecule has 1 atom stereocenters. The van der Waals surface area contributed by atoms with Crippen LogP contribution in [0.1, 0.15) is 25.7 Å². The monoisotopic (exact) mass is 212 g/mol. The zero-order valence-electron chi connectivity index (χ0n) is 9.71. The van der Waals surface area contributed by atoms with Crippen LogP contribution >= 0.6 is 0 Å². The van der Waals surface area contributed by atoms with Crippen LogP contribution in [0.15, 0.2) is 0 Å². The Balaban J connectivity index is 1.91. The molecule has 0 aromatic heterocycles. The third-order valence-corrected chi connectivity index (χ3v) is 3.89. The van der Waals surface area contributed by atoms with Crippen molar-refractivity contribution in [2.24, 2.45) is 5.92 Å². The van der Waals surface area contributed by atoms with Gasteiger partial charge in [-0.2, -0.15) is 0 Å². The second-order valence-corrected chi connectivity index (χ2v) is 5.27. The van der Waals surface area contributed by atoms with Gasteiger partial charge < -0.3 is 9.22 Å². The van der Waals surface area contributed by atoms with Crippen LogP contribution in [0.25, 0.3) is 0 Å². The molecule has 86 valence electrons. The van der Waals surface area contributed by atoms with Gasteiger partial charge >= 0.3 is 0 Å². The van der Waals surface area contributed by atoms with E-state index in [0.29, 0.717) is 11.7 Å². The summed E-state index contributed by atoms with van der Waals surface area (Å²) in [4.78, 5) is 11.8. The number of carbonyl (C=O) groups excluding carboxylic acids is 1. The van der Waals surface area contributed by atoms with Crippen molar-refractivity contribution in [3.8, 4) is 0 Å². The first-order valence-electron chi connectivity index (χ1n) is 6.14. The summed E-state index contributed by atoms with van der Waals surface area (Å²) in [5.74, 6) is 0.842. The molecule has 2 aliphatic rings. The number of hydrogen-bond acceptors (Lipinski definition) is 2. The van der Waals surface area contributed by atoms with E-state index < -0.39 is 0 Å². The molecule has 1 unspecified atom stereocenters. The van der Waals surface area contributed by atoms with Gasteiger partial charge in [-0.15, -0.1) is 0 Å². The molecule has 2 rings (SSSR count). The van der Waals surface area contributed by atoms with Gasteiger partial charge in [0, 0.05) is 6.42 Å². The average molecular weight is 212 g/mol. The minimum atomic E-state index is 0.335. The highest BCUT2D eigenvalue weighted by Gasteiger charge is 2.33. The number of carbonyl (C=O) groups is 1. The molecule has 2 fully saturated rings. The summed E-state index contributed by atoms with van der Waals surface area (Å²) in [6.07, 6.45) is 4.30. The van der Waals surface area contributed by atoms with Crippen LogP contribution in [0.3, 0.4) is 0 Å². The van der Waals surface area contributed by atoms with Crippen molar-refractivity contribution in [3.63, 3.8) is 0 Å². The molecule has 1 aliphatic carbocycles. The highest BCUT2D eigenvalue weighted by atomic mass is 16.5. The van der Waals surface area contributed by atoms with Crippen LogP contribution in [-0.4, -0.2) is 50.2 Å². The molecular weight excluding hydrogens is 190 g/mol. The predicted molar refractivity (Wildman–Crippen MR) is 58.6 cm³/mol. The van der Waals surface area contributed by atoms with Gasteiger partial charge in [0.15, 0.2) is 0 Å². The van der Waals surface area contributed by atoms with Crippen molar-refractivity contribution in [2.75, 3.05) is 39.9 Å². The topological polar surface area (TPSA) is 26.3 Å². The molecule has 1 saturated carbocycles. The van der Waals surface area contributed by atoms with Gasteiger partial charge in [-0.25, -0.2) is 0 Å². The zero-order chi connectivity index (χ0) is 10.7. The summed E-state index contributed by atoms with van der Waals surface area (Å²) in [7, 11) is 2.27. The van der Waals surface area contributed by atoms with Crippen LogP contribution in [0.4, 0.5) is 0 Å². The van der Waals surface area contributed by atoms with Gasteiger partial charge in [-0.3, -0.25) is 4.79 Å². The van der Waals surface area contributed by atoms with Crippen LogP contribution < -0.4 is 0 Å². The van der Waals surface area contributed by atoms with Gasteiger partial charge in [0.1, 0.15) is 18.9 Å². The zero-order valence-corrected chi connectivity index (χ0v) is 9.71. The van der Waals surface area contributed by atoms with Crippen molar-refractivity contribution in [1.82, 2.24) is 0 Å². The SMILES string of the molecule is C[N+]1(CC2CCCCC2=O)CCOCC1. The third kappa shape index (κ3) is 2.79. The van der Waals surface area contributed by atoms with E-state index in [0.717, 1.165) is 56.6 Å². The van der Waals surface area contributed by atoms with Gasteiger partial charge in [0.25, 0.3) is 0 Å². The number of Topliss-reactive ketones (excluding diaryl/α,β-unsaturated/α-hetero) is 1. The quantitative estimate of drug-likeness (QED) is 0.643. The first-order chi connectivity index (χ1) is 7.20. The Bertz CT molecular complexity index is 234. The maximum absolute atomic E-state index is 11.8. The Morgan fingerprint density at radius 1 is 1.33 bits per heavy atom. The molecule has 0 aromatic carbocycles. The third-order valence-electron chi connectivity index (χ3n) is 3.89. The second-order valence-electron chi connectivity index (χ2n) is 5.27. The number of ketones is 1. The summed E-state index contributed by atoms with van der Waals surface area (Å²) in [6, 6.07) is 0. The summed E-state index contributed by atoms with van der Waals surface area (Å²) < 4.78 is 6.42. The molecule has 0 spiro atoms. The van der Waals surface area contributed by atoms with Crippen molar-refractivity contribution < 1.29 is 14.0 Å². The summed E-state index contributed by atoms with van der Waals surface area (Å²) in [5, 5.41) is 0. The number of nitrogens with zero attached hydrogens (tertiary/aromatic N) is 1. The molecular formula is C12H22NO2+. The van der Waals surface area contributed by atoms with E-state index in [4.69, 9.17) is 4.74 Å². The standard InChI is InChI=1S/C12H22NO2/c1-13(6-8-15-9-7-13)10-11-4-2-3-5-12(11)14/h11H,2-10H2,1H3/q+1. The van der Waals surface area contributed by atoms with Crippen molar-refractivity contribution in [3.05, 3.63) is 0 Å². The molecule has 0 amide bonds. The number of likely N-dealkylation sites (N-methyl/N-ethyl adjacent to an activating group) is 1. The van der Waals surface area contributed by atoms with E-state index in [2.05, 4.69) is 7.05 Å².